The maximum absolute atomic E-state index is 12.6. The number of carbonyl (C=O) groups excluding carboxylic acids is 1. The summed E-state index contributed by atoms with van der Waals surface area (Å²) in [5.74, 6) is 0.404. The van der Waals surface area contributed by atoms with E-state index in [1.807, 2.05) is 43.5 Å². The molecule has 0 aliphatic heterocycles. The number of para-hydroxylation sites is 2. The highest BCUT2D eigenvalue weighted by Gasteiger charge is 2.32. The maximum Gasteiger partial charge on any atom is 0.227 e. The molecule has 0 unspecified atom stereocenters. The van der Waals surface area contributed by atoms with Crippen molar-refractivity contribution in [1.82, 2.24) is 9.78 Å². The molecule has 3 N–H and O–H groups in total. The highest BCUT2D eigenvalue weighted by atomic mass is 35.5. The van der Waals surface area contributed by atoms with E-state index in [-0.39, 0.29) is 24.2 Å². The fourth-order valence-corrected chi connectivity index (χ4v) is 3.22. The number of nitrogens with one attached hydrogen (secondary N) is 1. The van der Waals surface area contributed by atoms with E-state index in [4.69, 9.17) is 5.73 Å². The van der Waals surface area contributed by atoms with Crippen LogP contribution in [0.4, 0.5) is 5.69 Å². The molecule has 1 aliphatic carbocycles. The Morgan fingerprint density at radius 1 is 1.35 bits per heavy atom. The normalized spacial score (nSPS) is 20.1. The lowest BCUT2D eigenvalue weighted by molar-refractivity contribution is -0.120. The van der Waals surface area contributed by atoms with Crippen LogP contribution in [0, 0.1) is 18.8 Å². The van der Waals surface area contributed by atoms with Gasteiger partial charge in [0.2, 0.25) is 5.91 Å². The summed E-state index contributed by atoms with van der Waals surface area (Å²) >= 11 is 0. The third kappa shape index (κ3) is 3.74. The fraction of sp³-hybridized carbons (Fsp3) is 0.412. The molecule has 1 aliphatic rings. The van der Waals surface area contributed by atoms with Gasteiger partial charge in [0.25, 0.3) is 0 Å². The Labute approximate surface area is 142 Å². The number of hydrogen-bond donors (Lipinski definition) is 2. The minimum atomic E-state index is 0. The van der Waals surface area contributed by atoms with Gasteiger partial charge in [-0.25, -0.2) is 4.68 Å². The molecule has 23 heavy (non-hydrogen) atoms. The molecule has 2 aromatic rings. The number of halogens is 1. The molecular formula is C17H23ClN4O. The average molecular weight is 335 g/mol. The topological polar surface area (TPSA) is 72.9 Å². The van der Waals surface area contributed by atoms with Crippen LogP contribution >= 0.6 is 12.4 Å². The van der Waals surface area contributed by atoms with Crippen LogP contribution in [0.3, 0.4) is 0 Å². The first-order valence-corrected chi connectivity index (χ1v) is 7.81. The number of anilines is 1. The van der Waals surface area contributed by atoms with Crippen LogP contribution in [-0.2, 0) is 4.79 Å². The Morgan fingerprint density at radius 2 is 2.13 bits per heavy atom. The molecule has 2 atom stereocenters. The number of amides is 1. The largest absolute Gasteiger partial charge is 0.330 e. The van der Waals surface area contributed by atoms with Crippen molar-refractivity contribution >= 4 is 24.0 Å². The van der Waals surface area contributed by atoms with Crippen LogP contribution in [0.1, 0.15) is 25.0 Å². The summed E-state index contributed by atoms with van der Waals surface area (Å²) in [4.78, 5) is 12.6. The minimum Gasteiger partial charge on any atom is -0.330 e. The van der Waals surface area contributed by atoms with Crippen molar-refractivity contribution in [2.24, 2.45) is 17.6 Å². The monoisotopic (exact) mass is 334 g/mol. The van der Waals surface area contributed by atoms with Crippen LogP contribution in [0.2, 0.25) is 0 Å². The number of carbonyl (C=O) groups is 1. The van der Waals surface area contributed by atoms with E-state index in [0.29, 0.717) is 12.5 Å². The SMILES string of the molecule is Cc1ccn(-c2ccccc2NC(=O)[C@@H]2CCC[C@@H]2CN)n1.Cl. The molecule has 0 spiro atoms. The smallest absolute Gasteiger partial charge is 0.227 e. The molecule has 1 heterocycles. The molecule has 3 rings (SSSR count). The molecule has 0 radical (unpaired) electrons. The summed E-state index contributed by atoms with van der Waals surface area (Å²) in [5.41, 5.74) is 8.40. The van der Waals surface area contributed by atoms with Gasteiger partial charge in [-0.05, 0) is 50.4 Å². The summed E-state index contributed by atoms with van der Waals surface area (Å²) in [6, 6.07) is 9.68. The van der Waals surface area contributed by atoms with Gasteiger partial charge < -0.3 is 11.1 Å². The van der Waals surface area contributed by atoms with Crippen molar-refractivity contribution < 1.29 is 4.79 Å². The van der Waals surface area contributed by atoms with Crippen LogP contribution in [-0.4, -0.2) is 22.2 Å². The van der Waals surface area contributed by atoms with Crippen LogP contribution in [0.15, 0.2) is 36.5 Å². The Bertz CT molecular complexity index is 670. The molecule has 1 fully saturated rings. The number of benzene rings is 1. The zero-order valence-corrected chi connectivity index (χ0v) is 14.1. The standard InChI is InChI=1S/C17H22N4O.ClH/c1-12-9-10-21(20-12)16-8-3-2-7-15(16)19-17(22)14-6-4-5-13(14)11-18;/h2-3,7-10,13-14H,4-6,11,18H2,1H3,(H,19,22);1H/t13-,14-;/m1./s1. The van der Waals surface area contributed by atoms with Crippen molar-refractivity contribution in [2.75, 3.05) is 11.9 Å². The number of hydrogen-bond acceptors (Lipinski definition) is 3. The van der Waals surface area contributed by atoms with Gasteiger partial charge in [-0.3, -0.25) is 4.79 Å². The minimum absolute atomic E-state index is 0. The van der Waals surface area contributed by atoms with Gasteiger partial charge in [0.05, 0.1) is 17.1 Å². The van der Waals surface area contributed by atoms with Gasteiger partial charge in [-0.1, -0.05) is 18.6 Å². The van der Waals surface area contributed by atoms with Crippen molar-refractivity contribution in [3.63, 3.8) is 0 Å². The lowest BCUT2D eigenvalue weighted by Crippen LogP contribution is -2.30. The average Bonchev–Trinajstić information content (AvgIpc) is 3.16. The van der Waals surface area contributed by atoms with E-state index < -0.39 is 0 Å². The molecule has 0 saturated heterocycles. The van der Waals surface area contributed by atoms with Gasteiger partial charge in [0.15, 0.2) is 0 Å². The summed E-state index contributed by atoms with van der Waals surface area (Å²) in [5, 5.41) is 7.49. The summed E-state index contributed by atoms with van der Waals surface area (Å²) in [6.07, 6.45) is 4.96. The van der Waals surface area contributed by atoms with E-state index in [1.165, 1.54) is 0 Å². The number of nitrogens with zero attached hydrogens (tertiary/aromatic N) is 2. The quantitative estimate of drug-likeness (QED) is 0.903. The van der Waals surface area contributed by atoms with Crippen LogP contribution in [0.5, 0.6) is 0 Å². The van der Waals surface area contributed by atoms with Crippen molar-refractivity contribution in [3.8, 4) is 5.69 Å². The number of aromatic nitrogens is 2. The van der Waals surface area contributed by atoms with E-state index in [9.17, 15) is 4.79 Å². The van der Waals surface area contributed by atoms with E-state index >= 15 is 0 Å². The molecule has 6 heteroatoms. The van der Waals surface area contributed by atoms with Crippen molar-refractivity contribution in [2.45, 2.75) is 26.2 Å². The summed E-state index contributed by atoms with van der Waals surface area (Å²) < 4.78 is 1.79. The predicted octanol–water partition coefficient (Wildman–Crippen LogP) is 2.92. The second-order valence-corrected chi connectivity index (χ2v) is 5.94. The Kier molecular flexibility index (Phi) is 5.80. The zero-order valence-electron chi connectivity index (χ0n) is 13.2. The van der Waals surface area contributed by atoms with E-state index in [2.05, 4.69) is 10.4 Å². The Hall–Kier alpha value is -1.85. The molecule has 1 aromatic heterocycles. The second-order valence-electron chi connectivity index (χ2n) is 5.94. The molecule has 0 bridgehead atoms. The second kappa shape index (κ2) is 7.62. The molecule has 1 aromatic carbocycles. The van der Waals surface area contributed by atoms with Gasteiger partial charge in [-0.2, -0.15) is 5.10 Å². The fourth-order valence-electron chi connectivity index (χ4n) is 3.22. The maximum atomic E-state index is 12.6. The lowest BCUT2D eigenvalue weighted by atomic mass is 9.95. The highest BCUT2D eigenvalue weighted by molar-refractivity contribution is 5.94. The van der Waals surface area contributed by atoms with Gasteiger partial charge in [-0.15, -0.1) is 12.4 Å². The molecule has 1 saturated carbocycles. The summed E-state index contributed by atoms with van der Waals surface area (Å²) in [7, 11) is 0. The number of rotatable bonds is 4. The highest BCUT2D eigenvalue weighted by Crippen LogP contribution is 2.32. The van der Waals surface area contributed by atoms with Gasteiger partial charge >= 0.3 is 0 Å². The van der Waals surface area contributed by atoms with Crippen LogP contribution < -0.4 is 11.1 Å². The van der Waals surface area contributed by atoms with Gasteiger partial charge in [0, 0.05) is 12.1 Å². The zero-order chi connectivity index (χ0) is 15.5. The molecule has 124 valence electrons. The molecular weight excluding hydrogens is 312 g/mol. The van der Waals surface area contributed by atoms with Crippen LogP contribution in [0.25, 0.3) is 5.69 Å². The van der Waals surface area contributed by atoms with E-state index in [1.54, 1.807) is 4.68 Å². The van der Waals surface area contributed by atoms with Gasteiger partial charge in [0.1, 0.15) is 0 Å². The first-order valence-electron chi connectivity index (χ1n) is 7.81. The lowest BCUT2D eigenvalue weighted by Gasteiger charge is -2.18. The number of aryl methyl sites for hydroxylation is 1. The Balaban J connectivity index is 0.00000192. The summed E-state index contributed by atoms with van der Waals surface area (Å²) in [6.45, 7) is 2.53. The number of nitrogens with two attached hydrogens (primary N) is 1. The third-order valence-electron chi connectivity index (χ3n) is 4.43. The van der Waals surface area contributed by atoms with E-state index in [0.717, 1.165) is 36.3 Å². The van der Waals surface area contributed by atoms with Crippen molar-refractivity contribution in [1.29, 1.82) is 0 Å². The molecule has 1 amide bonds. The molecule has 5 nitrogen and oxygen atoms in total. The van der Waals surface area contributed by atoms with Crippen molar-refractivity contribution in [3.05, 3.63) is 42.2 Å². The third-order valence-corrected chi connectivity index (χ3v) is 4.43. The predicted molar refractivity (Wildman–Crippen MR) is 94.1 cm³/mol. The Morgan fingerprint density at radius 3 is 2.83 bits per heavy atom. The first-order chi connectivity index (χ1) is 10.7. The first kappa shape index (κ1) is 17.5.